The van der Waals surface area contributed by atoms with Gasteiger partial charge in [-0.1, -0.05) is 78.7 Å². The molecule has 3 aliphatic rings. The fourth-order valence-electron chi connectivity index (χ4n) is 6.89. The van der Waals surface area contributed by atoms with Gasteiger partial charge in [-0.2, -0.15) is 0 Å². The van der Waals surface area contributed by atoms with E-state index in [-0.39, 0.29) is 35.5 Å². The van der Waals surface area contributed by atoms with Crippen LogP contribution < -0.4 is 0 Å². The second kappa shape index (κ2) is 18.8. The highest BCUT2D eigenvalue weighted by Crippen LogP contribution is 2.40. The minimum absolute atomic E-state index is 0.0601. The molecule has 0 N–H and O–H groups in total. The summed E-state index contributed by atoms with van der Waals surface area (Å²) in [5.41, 5.74) is 0.708. The third-order valence-electron chi connectivity index (χ3n) is 9.60. The second-order valence-electron chi connectivity index (χ2n) is 14.2. The Morgan fingerprint density at radius 1 is 0.542 bits per heavy atom. The number of rotatable bonds is 14. The van der Waals surface area contributed by atoms with Gasteiger partial charge in [-0.15, -0.1) is 6.42 Å². The maximum absolute atomic E-state index is 13.9. The van der Waals surface area contributed by atoms with Gasteiger partial charge in [-0.25, -0.2) is 19.2 Å². The smallest absolute Gasteiger partial charge is 0.338 e. The summed E-state index contributed by atoms with van der Waals surface area (Å²) in [7, 11) is 0. The van der Waals surface area contributed by atoms with Crippen LogP contribution in [0.15, 0.2) is 121 Å². The first-order valence-electron chi connectivity index (χ1n) is 18.9. The molecule has 0 radical (unpaired) electrons. The third-order valence-corrected chi connectivity index (χ3v) is 9.60. The lowest BCUT2D eigenvalue weighted by Gasteiger charge is -2.44. The molecule has 4 aromatic carbocycles. The maximum atomic E-state index is 13.9. The predicted octanol–water partition coefficient (Wildman–Crippen LogP) is 5.16. The number of ether oxygens (including phenoxy) is 10. The Kier molecular flexibility index (Phi) is 13.1. The highest BCUT2D eigenvalue weighted by molar-refractivity contribution is 5.91. The average Bonchev–Trinajstić information content (AvgIpc) is 3.75. The van der Waals surface area contributed by atoms with E-state index < -0.39 is 91.6 Å². The number of carbonyl (C=O) groups is 4. The fraction of sp³-hybridized carbons (Fsp3) is 0.333. The van der Waals surface area contributed by atoms with E-state index in [1.54, 1.807) is 98.8 Å². The van der Waals surface area contributed by atoms with Gasteiger partial charge in [0.25, 0.3) is 0 Å². The van der Waals surface area contributed by atoms with Crippen LogP contribution in [0.4, 0.5) is 0 Å². The summed E-state index contributed by atoms with van der Waals surface area (Å²) < 4.78 is 61.0. The van der Waals surface area contributed by atoms with Crippen molar-refractivity contribution in [3.8, 4) is 12.3 Å². The molecule has 0 saturated carbocycles. The zero-order valence-electron chi connectivity index (χ0n) is 32.2. The molecule has 0 spiro atoms. The highest BCUT2D eigenvalue weighted by Gasteiger charge is 2.58. The van der Waals surface area contributed by atoms with E-state index in [9.17, 15) is 19.2 Å². The Hall–Kier alpha value is -5.92. The van der Waals surface area contributed by atoms with E-state index in [1.165, 1.54) is 36.4 Å². The summed E-state index contributed by atoms with van der Waals surface area (Å²) in [5.74, 6) is -1.78. The molecule has 3 saturated heterocycles. The largest absolute Gasteiger partial charge is 0.459 e. The SMILES string of the molecule is C#CCO[C@@H]1O[C@H](CO[C@@H]2O[C@H](COC(=O)c3ccccc3)[C@@H](OC(=O)c3ccccc3)[C@H](OC(=O)c3ccccc3)[C@H]2OC(=O)c2ccccc2)[C@H]2OC(C)(C)O[C@@H]12. The van der Waals surface area contributed by atoms with E-state index >= 15 is 0 Å². The number of terminal acetylenes is 1. The van der Waals surface area contributed by atoms with Crippen LogP contribution in [0.5, 0.6) is 0 Å². The molecule has 0 aliphatic carbocycles. The number of esters is 4. The van der Waals surface area contributed by atoms with E-state index in [2.05, 4.69) is 5.92 Å². The predicted molar refractivity (Wildman–Crippen MR) is 206 cm³/mol. The molecule has 0 unspecified atom stereocenters. The third kappa shape index (κ3) is 10.0. The van der Waals surface area contributed by atoms with Gasteiger partial charge < -0.3 is 47.4 Å². The van der Waals surface area contributed by atoms with Crippen molar-refractivity contribution in [1.82, 2.24) is 0 Å². The highest BCUT2D eigenvalue weighted by atomic mass is 16.8. The topological polar surface area (TPSA) is 161 Å². The van der Waals surface area contributed by atoms with Crippen molar-refractivity contribution in [2.45, 2.75) is 74.9 Å². The minimum Gasteiger partial charge on any atom is -0.459 e. The Balaban J connectivity index is 1.25. The quantitative estimate of drug-likeness (QED) is 0.0934. The first-order chi connectivity index (χ1) is 28.6. The summed E-state index contributed by atoms with van der Waals surface area (Å²) in [6, 6.07) is 32.5. The van der Waals surface area contributed by atoms with Gasteiger partial charge in [0.15, 0.2) is 36.7 Å². The molecule has 4 aromatic rings. The second-order valence-corrected chi connectivity index (χ2v) is 14.2. The molecule has 14 heteroatoms. The van der Waals surface area contributed by atoms with Gasteiger partial charge in [-0.05, 0) is 62.4 Å². The summed E-state index contributed by atoms with van der Waals surface area (Å²) in [5, 5.41) is 0. The van der Waals surface area contributed by atoms with Crippen molar-refractivity contribution in [2.75, 3.05) is 19.8 Å². The van der Waals surface area contributed by atoms with E-state index in [0.29, 0.717) is 0 Å². The van der Waals surface area contributed by atoms with Gasteiger partial charge in [-0.3, -0.25) is 0 Å². The first-order valence-corrected chi connectivity index (χ1v) is 18.9. The van der Waals surface area contributed by atoms with Crippen LogP contribution in [0.1, 0.15) is 55.3 Å². The number of hydrogen-bond donors (Lipinski definition) is 0. The van der Waals surface area contributed by atoms with Crippen LogP contribution in [-0.4, -0.2) is 105 Å². The van der Waals surface area contributed by atoms with E-state index in [4.69, 9.17) is 53.8 Å². The van der Waals surface area contributed by atoms with Crippen molar-refractivity contribution in [3.63, 3.8) is 0 Å². The van der Waals surface area contributed by atoms with Crippen LogP contribution in [0.3, 0.4) is 0 Å². The number of fused-ring (bicyclic) bond motifs is 1. The standard InChI is InChI=1S/C45H42O14/c1-4-25-50-44-38-35(58-45(2,3)59-38)33(54-44)27-52-43-37(57-42(49)31-23-15-8-16-24-31)36(56-41(48)30-21-13-7-14-22-30)34(55-40(47)29-19-11-6-12-20-29)32(53-43)26-51-39(46)28-17-9-5-10-18-28/h1,5-24,32-38,43-44H,25-27H2,2-3H3/t32-,33-,34-,35-,36+,37-,38-,43-,44-/m1/s1. The average molecular weight is 807 g/mol. The number of carbonyl (C=O) groups excluding carboxylic acids is 4. The summed E-state index contributed by atoms with van der Waals surface area (Å²) >= 11 is 0. The molecule has 14 nitrogen and oxygen atoms in total. The normalized spacial score (nSPS) is 26.8. The van der Waals surface area contributed by atoms with Crippen molar-refractivity contribution < 1.29 is 66.5 Å². The van der Waals surface area contributed by atoms with Crippen LogP contribution in [0.2, 0.25) is 0 Å². The summed E-state index contributed by atoms with van der Waals surface area (Å²) in [6.07, 6.45) is -5.26. The molecule has 7 rings (SSSR count). The van der Waals surface area contributed by atoms with Gasteiger partial charge in [0, 0.05) is 0 Å². The Morgan fingerprint density at radius 2 is 0.983 bits per heavy atom. The van der Waals surface area contributed by atoms with Gasteiger partial charge in [0.05, 0.1) is 28.9 Å². The molecule has 9 atom stereocenters. The molecular formula is C45H42O14. The van der Waals surface area contributed by atoms with Gasteiger partial charge >= 0.3 is 23.9 Å². The van der Waals surface area contributed by atoms with E-state index in [0.717, 1.165) is 0 Å². The zero-order chi connectivity index (χ0) is 41.4. The summed E-state index contributed by atoms with van der Waals surface area (Å²) in [6.45, 7) is 2.65. The molecule has 0 bridgehead atoms. The Morgan fingerprint density at radius 3 is 1.49 bits per heavy atom. The minimum atomic E-state index is -1.60. The van der Waals surface area contributed by atoms with Crippen LogP contribution in [0, 0.1) is 12.3 Å². The zero-order valence-corrected chi connectivity index (χ0v) is 32.2. The lowest BCUT2D eigenvalue weighted by Crippen LogP contribution is -2.63. The number of hydrogen-bond acceptors (Lipinski definition) is 14. The van der Waals surface area contributed by atoms with Crippen molar-refractivity contribution in [1.29, 1.82) is 0 Å². The molecule has 3 heterocycles. The lowest BCUT2D eigenvalue weighted by molar-refractivity contribution is -0.307. The van der Waals surface area contributed by atoms with Gasteiger partial charge in [0.1, 0.15) is 37.6 Å². The maximum Gasteiger partial charge on any atom is 0.338 e. The Labute approximate surface area is 340 Å². The number of benzene rings is 4. The molecule has 3 aliphatic heterocycles. The van der Waals surface area contributed by atoms with Crippen LogP contribution in [0.25, 0.3) is 0 Å². The molecule has 3 fully saturated rings. The van der Waals surface area contributed by atoms with Crippen LogP contribution >= 0.6 is 0 Å². The molecule has 59 heavy (non-hydrogen) atoms. The fourth-order valence-corrected chi connectivity index (χ4v) is 6.89. The molecule has 0 amide bonds. The van der Waals surface area contributed by atoms with Crippen molar-refractivity contribution in [3.05, 3.63) is 144 Å². The molecule has 0 aromatic heterocycles. The first kappa shape index (κ1) is 41.2. The molecule has 306 valence electrons. The summed E-state index contributed by atoms with van der Waals surface area (Å²) in [4.78, 5) is 54.8. The Bertz CT molecular complexity index is 2090. The monoisotopic (exact) mass is 806 g/mol. The van der Waals surface area contributed by atoms with Gasteiger partial charge in [0.2, 0.25) is 0 Å². The van der Waals surface area contributed by atoms with E-state index in [1.807, 2.05) is 0 Å². The van der Waals surface area contributed by atoms with Crippen molar-refractivity contribution in [2.24, 2.45) is 0 Å². The molecular weight excluding hydrogens is 764 g/mol. The van der Waals surface area contributed by atoms with Crippen LogP contribution in [-0.2, 0) is 47.4 Å². The van der Waals surface area contributed by atoms with Crippen molar-refractivity contribution >= 4 is 23.9 Å². The lowest BCUT2D eigenvalue weighted by atomic mass is 9.97.